The van der Waals surface area contributed by atoms with Gasteiger partial charge in [-0.15, -0.1) is 0 Å². The van der Waals surface area contributed by atoms with Gasteiger partial charge in [-0.25, -0.2) is 9.97 Å². The lowest BCUT2D eigenvalue weighted by Crippen LogP contribution is -2.14. The number of imidazole rings is 1. The Labute approximate surface area is 84.5 Å². The number of nitrogens with zero attached hydrogens (tertiary/aromatic N) is 3. The van der Waals surface area contributed by atoms with Crippen molar-refractivity contribution in [1.82, 2.24) is 14.4 Å². The molecular formula is C8H7ClN4O. The van der Waals surface area contributed by atoms with Crippen LogP contribution >= 0.6 is 11.6 Å². The fourth-order valence-corrected chi connectivity index (χ4v) is 1.28. The van der Waals surface area contributed by atoms with E-state index in [0.717, 1.165) is 0 Å². The van der Waals surface area contributed by atoms with E-state index in [0.29, 0.717) is 16.5 Å². The molecule has 0 fully saturated rings. The zero-order chi connectivity index (χ0) is 10.1. The van der Waals surface area contributed by atoms with Gasteiger partial charge < -0.3 is 5.73 Å². The molecule has 5 nitrogen and oxygen atoms in total. The molecule has 0 amide bonds. The van der Waals surface area contributed by atoms with Crippen LogP contribution in [-0.4, -0.2) is 26.7 Å². The Morgan fingerprint density at radius 3 is 2.93 bits per heavy atom. The van der Waals surface area contributed by atoms with Gasteiger partial charge >= 0.3 is 0 Å². The Morgan fingerprint density at radius 1 is 1.50 bits per heavy atom. The Bertz CT molecular complexity index is 493. The molecule has 0 unspecified atom stereocenters. The van der Waals surface area contributed by atoms with E-state index in [9.17, 15) is 4.79 Å². The second kappa shape index (κ2) is 3.36. The number of ketones is 1. The van der Waals surface area contributed by atoms with Crippen LogP contribution in [0.1, 0.15) is 10.4 Å². The number of fused-ring (bicyclic) bond motifs is 1. The quantitative estimate of drug-likeness (QED) is 0.734. The van der Waals surface area contributed by atoms with Gasteiger partial charge in [0.1, 0.15) is 5.15 Å². The predicted octanol–water partition coefficient (Wildman–Crippen LogP) is 0.524. The van der Waals surface area contributed by atoms with Crippen LogP contribution in [-0.2, 0) is 0 Å². The molecule has 2 aromatic rings. The molecule has 2 heterocycles. The fraction of sp³-hybridized carbons (Fsp3) is 0.125. The minimum atomic E-state index is -0.177. The molecule has 0 radical (unpaired) electrons. The largest absolute Gasteiger partial charge is 0.324 e. The molecule has 2 N–H and O–H groups in total. The van der Waals surface area contributed by atoms with Crippen molar-refractivity contribution in [1.29, 1.82) is 0 Å². The van der Waals surface area contributed by atoms with Gasteiger partial charge in [-0.2, -0.15) is 0 Å². The SMILES string of the molecule is NCC(=O)c1cnc2ncc(Cl)n2c1. The number of carbonyl (C=O) groups excluding carboxylic acids is 1. The minimum Gasteiger partial charge on any atom is -0.324 e. The third-order valence-corrected chi connectivity index (χ3v) is 2.11. The van der Waals surface area contributed by atoms with Crippen molar-refractivity contribution >= 4 is 23.2 Å². The number of halogens is 1. The first kappa shape index (κ1) is 9.11. The Hall–Kier alpha value is -1.46. The zero-order valence-corrected chi connectivity index (χ0v) is 7.90. The third-order valence-electron chi connectivity index (χ3n) is 1.83. The fourth-order valence-electron chi connectivity index (χ4n) is 1.11. The number of rotatable bonds is 2. The van der Waals surface area contributed by atoms with E-state index in [1.807, 2.05) is 0 Å². The minimum absolute atomic E-state index is 0.0422. The van der Waals surface area contributed by atoms with Gasteiger partial charge in [0.25, 0.3) is 0 Å². The zero-order valence-electron chi connectivity index (χ0n) is 7.14. The summed E-state index contributed by atoms with van der Waals surface area (Å²) in [5, 5.41) is 0.416. The number of Topliss-reactive ketones (excluding diaryl/α,β-unsaturated/α-hetero) is 1. The van der Waals surface area contributed by atoms with Crippen molar-refractivity contribution in [3.63, 3.8) is 0 Å². The summed E-state index contributed by atoms with van der Waals surface area (Å²) in [6.07, 6.45) is 4.49. The van der Waals surface area contributed by atoms with E-state index < -0.39 is 0 Å². The molecule has 0 atom stereocenters. The molecular weight excluding hydrogens is 204 g/mol. The van der Waals surface area contributed by atoms with Gasteiger partial charge in [0.15, 0.2) is 5.78 Å². The Morgan fingerprint density at radius 2 is 2.21 bits per heavy atom. The summed E-state index contributed by atoms with van der Waals surface area (Å²) in [6, 6.07) is 0. The summed E-state index contributed by atoms with van der Waals surface area (Å²) in [6.45, 7) is -0.0422. The maximum absolute atomic E-state index is 11.2. The van der Waals surface area contributed by atoms with Crippen molar-refractivity contribution in [2.45, 2.75) is 0 Å². The molecule has 0 aliphatic heterocycles. The average molecular weight is 211 g/mol. The summed E-state index contributed by atoms with van der Waals surface area (Å²) in [5.41, 5.74) is 5.66. The summed E-state index contributed by atoms with van der Waals surface area (Å²) < 4.78 is 1.53. The summed E-state index contributed by atoms with van der Waals surface area (Å²) in [5.74, 6) is 0.285. The highest BCUT2D eigenvalue weighted by atomic mass is 35.5. The number of aromatic nitrogens is 3. The van der Waals surface area contributed by atoms with Crippen LogP contribution in [0.4, 0.5) is 0 Å². The number of carbonyl (C=O) groups is 1. The maximum Gasteiger partial charge on any atom is 0.234 e. The van der Waals surface area contributed by atoms with E-state index >= 15 is 0 Å². The van der Waals surface area contributed by atoms with E-state index in [1.165, 1.54) is 16.8 Å². The van der Waals surface area contributed by atoms with Crippen molar-refractivity contribution in [3.8, 4) is 0 Å². The van der Waals surface area contributed by atoms with Gasteiger partial charge in [0.2, 0.25) is 5.78 Å². The summed E-state index contributed by atoms with van der Waals surface area (Å²) >= 11 is 5.81. The van der Waals surface area contributed by atoms with Crippen LogP contribution in [0.25, 0.3) is 5.78 Å². The lowest BCUT2D eigenvalue weighted by molar-refractivity contribution is 0.100. The van der Waals surface area contributed by atoms with E-state index in [4.69, 9.17) is 17.3 Å². The van der Waals surface area contributed by atoms with Crippen molar-refractivity contribution in [2.75, 3.05) is 6.54 Å². The van der Waals surface area contributed by atoms with Crippen LogP contribution < -0.4 is 5.73 Å². The van der Waals surface area contributed by atoms with Crippen molar-refractivity contribution < 1.29 is 4.79 Å². The topological polar surface area (TPSA) is 73.3 Å². The van der Waals surface area contributed by atoms with Gasteiger partial charge in [0.05, 0.1) is 18.3 Å². The highest BCUT2D eigenvalue weighted by Crippen LogP contribution is 2.11. The van der Waals surface area contributed by atoms with E-state index in [1.54, 1.807) is 6.20 Å². The predicted molar refractivity (Wildman–Crippen MR) is 51.4 cm³/mol. The monoisotopic (exact) mass is 210 g/mol. The second-order valence-electron chi connectivity index (χ2n) is 2.72. The van der Waals surface area contributed by atoms with Crippen LogP contribution in [0.2, 0.25) is 5.15 Å². The molecule has 2 rings (SSSR count). The Kier molecular flexibility index (Phi) is 2.18. The first-order chi connectivity index (χ1) is 6.72. The number of hydrogen-bond donors (Lipinski definition) is 1. The van der Waals surface area contributed by atoms with Crippen LogP contribution in [0.15, 0.2) is 18.6 Å². The third kappa shape index (κ3) is 1.36. The van der Waals surface area contributed by atoms with Gasteiger partial charge in [0, 0.05) is 12.4 Å². The number of hydrogen-bond acceptors (Lipinski definition) is 4. The molecule has 72 valence electrons. The molecule has 0 spiro atoms. The molecule has 0 saturated heterocycles. The molecule has 0 bridgehead atoms. The van der Waals surface area contributed by atoms with Gasteiger partial charge in [-0.05, 0) is 0 Å². The smallest absolute Gasteiger partial charge is 0.234 e. The standard InChI is InChI=1S/C8H7ClN4O/c9-7-3-12-8-11-2-5(4-13(7)8)6(14)1-10/h2-4H,1,10H2. The lowest BCUT2D eigenvalue weighted by Gasteiger charge is -1.98. The lowest BCUT2D eigenvalue weighted by atomic mass is 10.2. The van der Waals surface area contributed by atoms with Crippen LogP contribution in [0.5, 0.6) is 0 Å². The van der Waals surface area contributed by atoms with E-state index in [-0.39, 0.29) is 12.3 Å². The first-order valence-corrected chi connectivity index (χ1v) is 4.32. The van der Waals surface area contributed by atoms with E-state index in [2.05, 4.69) is 9.97 Å². The van der Waals surface area contributed by atoms with Crippen molar-refractivity contribution in [3.05, 3.63) is 29.3 Å². The summed E-state index contributed by atoms with van der Waals surface area (Å²) in [7, 11) is 0. The molecule has 0 aliphatic carbocycles. The highest BCUT2D eigenvalue weighted by molar-refractivity contribution is 6.29. The maximum atomic E-state index is 11.2. The second-order valence-corrected chi connectivity index (χ2v) is 3.11. The van der Waals surface area contributed by atoms with Crippen LogP contribution in [0, 0.1) is 0 Å². The first-order valence-electron chi connectivity index (χ1n) is 3.94. The summed E-state index contributed by atoms with van der Waals surface area (Å²) in [4.78, 5) is 19.1. The molecule has 0 saturated carbocycles. The highest BCUT2D eigenvalue weighted by Gasteiger charge is 2.07. The number of nitrogens with two attached hydrogens (primary N) is 1. The van der Waals surface area contributed by atoms with Crippen molar-refractivity contribution in [2.24, 2.45) is 5.73 Å². The molecule has 2 aromatic heterocycles. The molecule has 0 aromatic carbocycles. The molecule has 6 heteroatoms. The molecule has 14 heavy (non-hydrogen) atoms. The average Bonchev–Trinajstić information content (AvgIpc) is 2.59. The van der Waals surface area contributed by atoms with Gasteiger partial charge in [-0.1, -0.05) is 11.6 Å². The Balaban J connectivity index is 2.60. The molecule has 0 aliphatic rings. The van der Waals surface area contributed by atoms with Crippen LogP contribution in [0.3, 0.4) is 0 Å². The van der Waals surface area contributed by atoms with Gasteiger partial charge in [-0.3, -0.25) is 9.20 Å². The normalized spacial score (nSPS) is 10.7.